The maximum Gasteiger partial charge on any atom is 0.162 e. The van der Waals surface area contributed by atoms with Gasteiger partial charge in [0.05, 0.1) is 11.2 Å². The third kappa shape index (κ3) is 2.34. The molecule has 2 aliphatic heterocycles. The van der Waals surface area contributed by atoms with Crippen molar-refractivity contribution in [2.24, 2.45) is 0 Å². The van der Waals surface area contributed by atoms with Crippen molar-refractivity contribution in [2.75, 3.05) is 9.80 Å². The molecule has 0 N–H and O–H groups in total. The maximum absolute atomic E-state index is 4.68. The van der Waals surface area contributed by atoms with Crippen molar-refractivity contribution in [2.45, 2.75) is 51.1 Å². The molecule has 0 spiro atoms. The zero-order valence-electron chi connectivity index (χ0n) is 15.8. The standard InChI is InChI=1S/C22H24N4S/c1-3-22(4-2)12-11-19-25(17-9-6-5-8-16(17)22)18-14-23-15-24-21(18)26(19)20-10-7-13-27-20/h5-10,13-15,19H,3-4,11-12H2,1-2H3. The number of anilines is 4. The van der Waals surface area contributed by atoms with Crippen LogP contribution in [0.2, 0.25) is 0 Å². The van der Waals surface area contributed by atoms with Gasteiger partial charge in [-0.25, -0.2) is 9.97 Å². The molecule has 4 heterocycles. The molecule has 3 aromatic rings. The number of nitrogens with zero attached hydrogens (tertiary/aromatic N) is 4. The van der Waals surface area contributed by atoms with Crippen LogP contribution >= 0.6 is 11.3 Å². The first-order valence-corrected chi connectivity index (χ1v) is 10.7. The molecule has 0 amide bonds. The van der Waals surface area contributed by atoms with Crippen LogP contribution in [0.4, 0.5) is 22.2 Å². The summed E-state index contributed by atoms with van der Waals surface area (Å²) in [6, 6.07) is 13.3. The smallest absolute Gasteiger partial charge is 0.162 e. The summed E-state index contributed by atoms with van der Waals surface area (Å²) in [4.78, 5) is 13.9. The molecule has 0 saturated carbocycles. The van der Waals surface area contributed by atoms with Crippen molar-refractivity contribution < 1.29 is 0 Å². The molecule has 27 heavy (non-hydrogen) atoms. The third-order valence-electron chi connectivity index (χ3n) is 6.47. The summed E-state index contributed by atoms with van der Waals surface area (Å²) < 4.78 is 0. The summed E-state index contributed by atoms with van der Waals surface area (Å²) in [7, 11) is 0. The molecule has 0 aliphatic carbocycles. The van der Waals surface area contributed by atoms with E-state index in [4.69, 9.17) is 0 Å². The Labute approximate surface area is 164 Å². The average Bonchev–Trinajstić information content (AvgIpc) is 3.32. The fraction of sp³-hybridized carbons (Fsp3) is 0.364. The van der Waals surface area contributed by atoms with Crippen LogP contribution in [-0.4, -0.2) is 16.1 Å². The minimum absolute atomic E-state index is 0.234. The van der Waals surface area contributed by atoms with E-state index in [2.05, 4.69) is 75.4 Å². The van der Waals surface area contributed by atoms with Crippen molar-refractivity contribution in [3.05, 3.63) is 59.9 Å². The quantitative estimate of drug-likeness (QED) is 0.561. The Balaban J connectivity index is 1.75. The highest BCUT2D eigenvalue weighted by atomic mass is 32.1. The highest BCUT2D eigenvalue weighted by Crippen LogP contribution is 2.54. The van der Waals surface area contributed by atoms with Gasteiger partial charge in [-0.3, -0.25) is 4.90 Å². The minimum atomic E-state index is 0.234. The Morgan fingerprint density at radius 1 is 1.07 bits per heavy atom. The van der Waals surface area contributed by atoms with Crippen LogP contribution in [0, 0.1) is 0 Å². The Morgan fingerprint density at radius 3 is 2.70 bits per heavy atom. The van der Waals surface area contributed by atoms with Gasteiger partial charge < -0.3 is 4.90 Å². The summed E-state index contributed by atoms with van der Waals surface area (Å²) >= 11 is 1.78. The van der Waals surface area contributed by atoms with Crippen LogP contribution in [0.1, 0.15) is 45.1 Å². The van der Waals surface area contributed by atoms with E-state index in [0.29, 0.717) is 0 Å². The molecule has 5 heteroatoms. The molecule has 2 aromatic heterocycles. The second-order valence-electron chi connectivity index (χ2n) is 7.45. The normalized spacial score (nSPS) is 20.0. The molecule has 0 saturated heterocycles. The summed E-state index contributed by atoms with van der Waals surface area (Å²) in [5.41, 5.74) is 4.14. The van der Waals surface area contributed by atoms with Crippen molar-refractivity contribution in [1.82, 2.24) is 9.97 Å². The van der Waals surface area contributed by atoms with Gasteiger partial charge in [0.15, 0.2) is 5.82 Å². The fourth-order valence-corrected chi connectivity index (χ4v) is 5.73. The number of rotatable bonds is 3. The Hall–Kier alpha value is -2.40. The first-order valence-electron chi connectivity index (χ1n) is 9.80. The second-order valence-corrected chi connectivity index (χ2v) is 8.37. The Bertz CT molecular complexity index is 948. The monoisotopic (exact) mass is 376 g/mol. The summed E-state index contributed by atoms with van der Waals surface area (Å²) in [6.07, 6.45) is 8.50. The average molecular weight is 377 g/mol. The summed E-state index contributed by atoms with van der Waals surface area (Å²) in [5, 5.41) is 3.40. The first-order chi connectivity index (χ1) is 13.3. The lowest BCUT2D eigenvalue weighted by Gasteiger charge is -2.33. The molecule has 0 bridgehead atoms. The van der Waals surface area contributed by atoms with Gasteiger partial charge in [0.2, 0.25) is 0 Å². The van der Waals surface area contributed by atoms with Crippen LogP contribution < -0.4 is 9.80 Å². The van der Waals surface area contributed by atoms with E-state index >= 15 is 0 Å². The van der Waals surface area contributed by atoms with Crippen LogP contribution in [0.15, 0.2) is 54.3 Å². The molecular formula is C22H24N4S. The van der Waals surface area contributed by atoms with Gasteiger partial charge in [-0.15, -0.1) is 11.3 Å². The first kappa shape index (κ1) is 16.8. The van der Waals surface area contributed by atoms with Crippen molar-refractivity contribution in [3.63, 3.8) is 0 Å². The number of para-hydroxylation sites is 1. The number of thiophene rings is 1. The van der Waals surface area contributed by atoms with Gasteiger partial charge >= 0.3 is 0 Å². The molecule has 1 aromatic carbocycles. The van der Waals surface area contributed by atoms with Crippen LogP contribution in [0.3, 0.4) is 0 Å². The van der Waals surface area contributed by atoms with Gasteiger partial charge in [0.1, 0.15) is 18.2 Å². The highest BCUT2D eigenvalue weighted by Gasteiger charge is 2.45. The molecule has 2 aliphatic rings. The zero-order chi connectivity index (χ0) is 18.4. The molecule has 0 fully saturated rings. The molecular weight excluding hydrogens is 352 g/mol. The van der Waals surface area contributed by atoms with E-state index in [0.717, 1.165) is 30.8 Å². The maximum atomic E-state index is 4.68. The van der Waals surface area contributed by atoms with E-state index in [1.807, 2.05) is 6.20 Å². The van der Waals surface area contributed by atoms with Crippen molar-refractivity contribution in [1.29, 1.82) is 0 Å². The van der Waals surface area contributed by atoms with E-state index < -0.39 is 0 Å². The fourth-order valence-electron chi connectivity index (χ4n) is 4.95. The van der Waals surface area contributed by atoms with Crippen molar-refractivity contribution >= 4 is 33.5 Å². The van der Waals surface area contributed by atoms with E-state index in [-0.39, 0.29) is 11.6 Å². The SMILES string of the molecule is CCC1(CC)CCC2N(c3ccccc31)c1cncnc1N2c1cccs1. The van der Waals surface area contributed by atoms with Crippen LogP contribution in [0.25, 0.3) is 0 Å². The predicted octanol–water partition coefficient (Wildman–Crippen LogP) is 6.01. The lowest BCUT2D eigenvalue weighted by atomic mass is 9.72. The Kier molecular flexibility index (Phi) is 3.93. The number of fused-ring (bicyclic) bond motifs is 5. The molecule has 0 radical (unpaired) electrons. The Morgan fingerprint density at radius 2 is 1.93 bits per heavy atom. The number of hydrogen-bond acceptors (Lipinski definition) is 5. The highest BCUT2D eigenvalue weighted by molar-refractivity contribution is 7.14. The number of aromatic nitrogens is 2. The van der Waals surface area contributed by atoms with E-state index in [1.165, 1.54) is 22.7 Å². The largest absolute Gasteiger partial charge is 0.315 e. The van der Waals surface area contributed by atoms with Gasteiger partial charge in [-0.05, 0) is 60.2 Å². The van der Waals surface area contributed by atoms with E-state index in [9.17, 15) is 0 Å². The molecule has 5 rings (SSSR count). The van der Waals surface area contributed by atoms with Crippen molar-refractivity contribution in [3.8, 4) is 0 Å². The van der Waals surface area contributed by atoms with E-state index in [1.54, 1.807) is 17.7 Å². The summed E-state index contributed by atoms with van der Waals surface area (Å²) in [6.45, 7) is 4.68. The minimum Gasteiger partial charge on any atom is -0.315 e. The zero-order valence-corrected chi connectivity index (χ0v) is 16.6. The number of benzene rings is 1. The van der Waals surface area contributed by atoms with Crippen LogP contribution in [0.5, 0.6) is 0 Å². The topological polar surface area (TPSA) is 32.3 Å². The third-order valence-corrected chi connectivity index (χ3v) is 7.34. The summed E-state index contributed by atoms with van der Waals surface area (Å²) in [5.74, 6) is 1.02. The predicted molar refractivity (Wildman–Crippen MR) is 112 cm³/mol. The van der Waals surface area contributed by atoms with Gasteiger partial charge in [0.25, 0.3) is 0 Å². The van der Waals surface area contributed by atoms with Gasteiger partial charge in [0, 0.05) is 5.69 Å². The molecule has 138 valence electrons. The second kappa shape index (κ2) is 6.34. The lowest BCUT2D eigenvalue weighted by molar-refractivity contribution is 0.354. The number of hydrogen-bond donors (Lipinski definition) is 0. The molecule has 1 atom stereocenters. The molecule has 1 unspecified atom stereocenters. The molecule has 4 nitrogen and oxygen atoms in total. The lowest BCUT2D eigenvalue weighted by Crippen LogP contribution is -2.37. The van der Waals surface area contributed by atoms with Crippen LogP contribution in [-0.2, 0) is 5.41 Å². The van der Waals surface area contributed by atoms with Gasteiger partial charge in [-0.2, -0.15) is 0 Å². The van der Waals surface area contributed by atoms with Gasteiger partial charge in [-0.1, -0.05) is 32.0 Å².